The monoisotopic (exact) mass is 420 g/mol. The van der Waals surface area contributed by atoms with E-state index < -0.39 is 10.0 Å². The molecule has 1 amide bonds. The van der Waals surface area contributed by atoms with E-state index >= 15 is 0 Å². The summed E-state index contributed by atoms with van der Waals surface area (Å²) in [6.07, 6.45) is 8.36. The summed E-state index contributed by atoms with van der Waals surface area (Å²) in [5.41, 5.74) is 2.67. The highest BCUT2D eigenvalue weighted by molar-refractivity contribution is 7.88. The number of nitrogens with zero attached hydrogens (tertiary/aromatic N) is 1. The Morgan fingerprint density at radius 3 is 2.59 bits per heavy atom. The number of carbonyl (C=O) groups excluding carboxylic acids is 1. The Morgan fingerprint density at radius 1 is 1.07 bits per heavy atom. The smallest absolute Gasteiger partial charge is 0.223 e. The zero-order valence-electron chi connectivity index (χ0n) is 17.2. The van der Waals surface area contributed by atoms with Crippen LogP contribution in [-0.2, 0) is 26.0 Å². The van der Waals surface area contributed by atoms with E-state index in [1.807, 2.05) is 4.90 Å². The molecular weight excluding hydrogens is 388 g/mol. The molecule has 7 heteroatoms. The molecule has 6 nitrogen and oxygen atoms in total. The molecule has 1 aliphatic carbocycles. The van der Waals surface area contributed by atoms with Gasteiger partial charge in [-0.05, 0) is 62.0 Å². The van der Waals surface area contributed by atoms with Gasteiger partial charge in [0, 0.05) is 19.0 Å². The second-order valence-corrected chi connectivity index (χ2v) is 10.6. The predicted octanol–water partition coefficient (Wildman–Crippen LogP) is 2.58. The minimum absolute atomic E-state index is 0.0972. The van der Waals surface area contributed by atoms with Crippen LogP contribution < -0.4 is 4.72 Å². The molecule has 1 saturated heterocycles. The van der Waals surface area contributed by atoms with Crippen LogP contribution in [0.1, 0.15) is 62.0 Å². The molecule has 2 unspecified atom stereocenters. The lowest BCUT2D eigenvalue weighted by Gasteiger charge is -2.42. The van der Waals surface area contributed by atoms with Crippen molar-refractivity contribution in [2.75, 3.05) is 19.4 Å². The van der Waals surface area contributed by atoms with E-state index in [2.05, 4.69) is 29.0 Å². The molecule has 3 heterocycles. The minimum Gasteiger partial charge on any atom is -0.376 e. The van der Waals surface area contributed by atoms with Crippen molar-refractivity contribution >= 4 is 15.9 Å². The largest absolute Gasteiger partial charge is 0.376 e. The van der Waals surface area contributed by atoms with Gasteiger partial charge in [0.1, 0.15) is 0 Å². The Labute approximate surface area is 174 Å². The number of aryl methyl sites for hydroxylation is 1. The van der Waals surface area contributed by atoms with Crippen molar-refractivity contribution in [1.82, 2.24) is 9.62 Å². The number of amides is 1. The van der Waals surface area contributed by atoms with Crippen molar-refractivity contribution in [3.05, 3.63) is 35.4 Å². The maximum Gasteiger partial charge on any atom is 0.223 e. The van der Waals surface area contributed by atoms with E-state index in [4.69, 9.17) is 4.74 Å². The molecule has 0 spiro atoms. The van der Waals surface area contributed by atoms with Gasteiger partial charge in [0.2, 0.25) is 15.9 Å². The fourth-order valence-electron chi connectivity index (χ4n) is 5.31. The number of piperidine rings is 1. The average molecular weight is 421 g/mol. The summed E-state index contributed by atoms with van der Waals surface area (Å²) in [4.78, 5) is 15.0. The molecular formula is C22H32N2O4S. The first-order chi connectivity index (χ1) is 13.9. The van der Waals surface area contributed by atoms with Crippen LogP contribution in [0.4, 0.5) is 0 Å². The molecule has 0 aromatic heterocycles. The normalized spacial score (nSPS) is 31.2. The maximum absolute atomic E-state index is 13.1. The number of nitrogens with one attached hydrogen (secondary N) is 1. The number of hydrogen-bond donors (Lipinski definition) is 1. The van der Waals surface area contributed by atoms with Gasteiger partial charge in [-0.15, -0.1) is 0 Å². The molecule has 1 aromatic carbocycles. The number of rotatable bonds is 2. The highest BCUT2D eigenvalue weighted by Crippen LogP contribution is 2.36. The average Bonchev–Trinajstić information content (AvgIpc) is 2.71. The van der Waals surface area contributed by atoms with Crippen LogP contribution in [0.3, 0.4) is 0 Å². The van der Waals surface area contributed by atoms with Crippen LogP contribution in [0.5, 0.6) is 0 Å². The van der Waals surface area contributed by atoms with Crippen molar-refractivity contribution in [1.29, 1.82) is 0 Å². The second kappa shape index (κ2) is 8.74. The standard InChI is InChI=1S/C22H32N2O4S/c1-29(26,27)23-20-7-4-14-24-21(20)15-28-18-11-8-17(9-12-18)19-6-3-2-5-16(19)10-13-22(24)25/h2-3,5-6,17-18,20-21,23H,4,7-15H2,1H3. The van der Waals surface area contributed by atoms with E-state index in [1.54, 1.807) is 0 Å². The maximum atomic E-state index is 13.1. The van der Waals surface area contributed by atoms with Gasteiger partial charge < -0.3 is 9.64 Å². The first-order valence-corrected chi connectivity index (χ1v) is 12.8. The predicted molar refractivity (Wildman–Crippen MR) is 112 cm³/mol. The Hall–Kier alpha value is -1.44. The third-order valence-corrected chi connectivity index (χ3v) is 7.48. The minimum atomic E-state index is -3.34. The van der Waals surface area contributed by atoms with Crippen LogP contribution in [0.25, 0.3) is 0 Å². The molecule has 1 N–H and O–H groups in total. The molecule has 0 radical (unpaired) electrons. The van der Waals surface area contributed by atoms with Gasteiger partial charge in [0.15, 0.2) is 0 Å². The highest BCUT2D eigenvalue weighted by atomic mass is 32.2. The van der Waals surface area contributed by atoms with Crippen LogP contribution >= 0.6 is 0 Å². The molecule has 2 bridgehead atoms. The summed E-state index contributed by atoms with van der Waals surface area (Å²) in [7, 11) is -3.34. The van der Waals surface area contributed by atoms with E-state index in [9.17, 15) is 13.2 Å². The molecule has 2 atom stereocenters. The van der Waals surface area contributed by atoms with E-state index in [-0.39, 0.29) is 24.1 Å². The zero-order chi connectivity index (χ0) is 20.4. The number of benzene rings is 1. The van der Waals surface area contributed by atoms with Gasteiger partial charge in [-0.3, -0.25) is 4.79 Å². The zero-order valence-corrected chi connectivity index (χ0v) is 18.0. The fourth-order valence-corrected chi connectivity index (χ4v) is 6.13. The Morgan fingerprint density at radius 2 is 1.83 bits per heavy atom. The number of fused-ring (bicyclic) bond motifs is 5. The second-order valence-electron chi connectivity index (χ2n) is 8.80. The molecule has 1 aromatic rings. The first kappa shape index (κ1) is 20.8. The van der Waals surface area contributed by atoms with Gasteiger partial charge in [0.05, 0.1) is 25.0 Å². The molecule has 29 heavy (non-hydrogen) atoms. The number of hydrogen-bond acceptors (Lipinski definition) is 4. The van der Waals surface area contributed by atoms with E-state index in [0.29, 0.717) is 25.5 Å². The van der Waals surface area contributed by atoms with Crippen molar-refractivity contribution in [2.45, 2.75) is 75.5 Å². The summed E-state index contributed by atoms with van der Waals surface area (Å²) < 4.78 is 32.8. The van der Waals surface area contributed by atoms with Crippen LogP contribution in [-0.4, -0.2) is 56.8 Å². The number of carbonyl (C=O) groups is 1. The van der Waals surface area contributed by atoms with Crippen LogP contribution in [0.15, 0.2) is 24.3 Å². The van der Waals surface area contributed by atoms with Gasteiger partial charge >= 0.3 is 0 Å². The summed E-state index contributed by atoms with van der Waals surface area (Å²) in [6, 6.07) is 8.03. The molecule has 2 fully saturated rings. The summed E-state index contributed by atoms with van der Waals surface area (Å²) >= 11 is 0. The quantitative estimate of drug-likeness (QED) is 0.798. The van der Waals surface area contributed by atoms with Crippen molar-refractivity contribution < 1.29 is 17.9 Å². The third-order valence-electron chi connectivity index (χ3n) is 6.74. The van der Waals surface area contributed by atoms with Crippen molar-refractivity contribution in [3.8, 4) is 0 Å². The van der Waals surface area contributed by atoms with E-state index in [0.717, 1.165) is 44.9 Å². The molecule has 160 valence electrons. The first-order valence-electron chi connectivity index (χ1n) is 10.9. The third kappa shape index (κ3) is 5.01. The van der Waals surface area contributed by atoms with Crippen LogP contribution in [0.2, 0.25) is 0 Å². The Bertz CT molecular complexity index is 833. The Balaban J connectivity index is 1.61. The summed E-state index contributed by atoms with van der Waals surface area (Å²) in [6.45, 7) is 1.07. The summed E-state index contributed by atoms with van der Waals surface area (Å²) in [5, 5.41) is 0. The lowest BCUT2D eigenvalue weighted by atomic mass is 9.80. The summed E-state index contributed by atoms with van der Waals surface area (Å²) in [5.74, 6) is 0.643. The SMILES string of the molecule is CS(=O)(=O)NC1CCCN2C(=O)CCc3ccccc3C3CCC(CC3)OCC12. The highest BCUT2D eigenvalue weighted by Gasteiger charge is 2.37. The fraction of sp³-hybridized carbons (Fsp3) is 0.682. The van der Waals surface area contributed by atoms with Crippen molar-refractivity contribution in [2.24, 2.45) is 0 Å². The molecule has 4 aliphatic rings. The Kier molecular flexibility index (Phi) is 6.27. The molecule has 1 saturated carbocycles. The topological polar surface area (TPSA) is 75.7 Å². The van der Waals surface area contributed by atoms with E-state index in [1.165, 1.54) is 17.4 Å². The number of sulfonamides is 1. The van der Waals surface area contributed by atoms with Gasteiger partial charge in [-0.2, -0.15) is 0 Å². The number of ether oxygens (including phenoxy) is 1. The van der Waals surface area contributed by atoms with Gasteiger partial charge in [-0.25, -0.2) is 13.1 Å². The molecule has 3 aliphatic heterocycles. The lowest BCUT2D eigenvalue weighted by molar-refractivity contribution is -0.138. The van der Waals surface area contributed by atoms with Gasteiger partial charge in [0.25, 0.3) is 0 Å². The lowest BCUT2D eigenvalue weighted by Crippen LogP contribution is -2.59. The van der Waals surface area contributed by atoms with Crippen LogP contribution in [0, 0.1) is 0 Å². The van der Waals surface area contributed by atoms with Crippen molar-refractivity contribution in [3.63, 3.8) is 0 Å². The van der Waals surface area contributed by atoms with Gasteiger partial charge in [-0.1, -0.05) is 24.3 Å². The molecule has 5 rings (SSSR count).